The first-order chi connectivity index (χ1) is 10.9. The number of carbonyl (C=O) groups excluding carboxylic acids is 2. The molecule has 2 rings (SSSR count). The van der Waals surface area contributed by atoms with Crippen LogP contribution in [0.3, 0.4) is 0 Å². The van der Waals surface area contributed by atoms with Crippen LogP contribution in [0.2, 0.25) is 5.02 Å². The van der Waals surface area contributed by atoms with E-state index in [1.165, 1.54) is 18.3 Å². The van der Waals surface area contributed by atoms with Crippen molar-refractivity contribution in [3.05, 3.63) is 50.9 Å². The van der Waals surface area contributed by atoms with E-state index in [9.17, 15) is 9.59 Å². The standard InChI is InChI=1S/C17H18ClNO3S/c1-4-22-17(21)14-10(2)15(11(3)20)23-16(14)19-9-12-5-7-13(18)8-6-12/h5-8,19H,4,9H2,1-3H3. The molecule has 0 unspecified atom stereocenters. The second kappa shape index (κ2) is 7.62. The van der Waals surface area contributed by atoms with E-state index < -0.39 is 5.97 Å². The fourth-order valence-electron chi connectivity index (χ4n) is 2.21. The molecule has 1 aromatic heterocycles. The maximum Gasteiger partial charge on any atom is 0.341 e. The molecule has 0 aliphatic carbocycles. The van der Waals surface area contributed by atoms with E-state index in [-0.39, 0.29) is 5.78 Å². The van der Waals surface area contributed by atoms with Gasteiger partial charge in [0.2, 0.25) is 0 Å². The number of benzene rings is 1. The molecule has 2 aromatic rings. The van der Waals surface area contributed by atoms with Crippen LogP contribution in [0.15, 0.2) is 24.3 Å². The molecule has 1 heterocycles. The van der Waals surface area contributed by atoms with Crippen molar-refractivity contribution in [1.29, 1.82) is 0 Å². The Balaban J connectivity index is 2.28. The highest BCUT2D eigenvalue weighted by molar-refractivity contribution is 7.18. The Hall–Kier alpha value is -1.85. The first-order valence-corrected chi connectivity index (χ1v) is 8.43. The topological polar surface area (TPSA) is 55.4 Å². The van der Waals surface area contributed by atoms with Crippen LogP contribution in [0.4, 0.5) is 5.00 Å². The zero-order valence-corrected chi connectivity index (χ0v) is 14.8. The van der Waals surface area contributed by atoms with Crippen LogP contribution in [-0.2, 0) is 11.3 Å². The highest BCUT2D eigenvalue weighted by atomic mass is 35.5. The lowest BCUT2D eigenvalue weighted by atomic mass is 10.1. The number of halogens is 1. The molecule has 1 aromatic carbocycles. The maximum atomic E-state index is 12.2. The van der Waals surface area contributed by atoms with Crippen molar-refractivity contribution < 1.29 is 14.3 Å². The van der Waals surface area contributed by atoms with Gasteiger partial charge in [-0.05, 0) is 44.0 Å². The first kappa shape index (κ1) is 17.5. The van der Waals surface area contributed by atoms with Crippen molar-refractivity contribution in [2.45, 2.75) is 27.3 Å². The number of hydrogen-bond donors (Lipinski definition) is 1. The average Bonchev–Trinajstić information content (AvgIpc) is 2.84. The Morgan fingerprint density at radius 3 is 2.48 bits per heavy atom. The van der Waals surface area contributed by atoms with Gasteiger partial charge in [-0.2, -0.15) is 0 Å². The van der Waals surface area contributed by atoms with Gasteiger partial charge in [0, 0.05) is 11.6 Å². The molecule has 1 N–H and O–H groups in total. The van der Waals surface area contributed by atoms with Crippen molar-refractivity contribution in [2.24, 2.45) is 0 Å². The number of ketones is 1. The molecule has 0 atom stereocenters. The van der Waals surface area contributed by atoms with Crippen LogP contribution in [0, 0.1) is 6.92 Å². The molecular weight excluding hydrogens is 334 g/mol. The third-order valence-electron chi connectivity index (χ3n) is 3.31. The molecule has 0 bridgehead atoms. The van der Waals surface area contributed by atoms with Crippen molar-refractivity contribution in [2.75, 3.05) is 11.9 Å². The van der Waals surface area contributed by atoms with E-state index in [4.69, 9.17) is 16.3 Å². The van der Waals surface area contributed by atoms with Gasteiger partial charge >= 0.3 is 5.97 Å². The molecular formula is C17H18ClNO3S. The van der Waals surface area contributed by atoms with E-state index in [0.717, 1.165) is 5.56 Å². The van der Waals surface area contributed by atoms with Gasteiger partial charge in [0.15, 0.2) is 5.78 Å². The summed E-state index contributed by atoms with van der Waals surface area (Å²) in [5.41, 5.74) is 2.13. The Bertz CT molecular complexity index is 722. The smallest absolute Gasteiger partial charge is 0.341 e. The van der Waals surface area contributed by atoms with Crippen LogP contribution in [-0.4, -0.2) is 18.4 Å². The third-order valence-corrected chi connectivity index (χ3v) is 4.91. The van der Waals surface area contributed by atoms with E-state index in [1.807, 2.05) is 24.3 Å². The lowest BCUT2D eigenvalue weighted by molar-refractivity contribution is 0.0527. The predicted molar refractivity (Wildman–Crippen MR) is 93.8 cm³/mol. The Morgan fingerprint density at radius 1 is 1.26 bits per heavy atom. The molecule has 0 saturated carbocycles. The van der Waals surface area contributed by atoms with Crippen LogP contribution in [0.5, 0.6) is 0 Å². The summed E-state index contributed by atoms with van der Waals surface area (Å²) in [7, 11) is 0. The molecule has 0 aliphatic rings. The minimum absolute atomic E-state index is 0.0578. The first-order valence-electron chi connectivity index (χ1n) is 7.23. The lowest BCUT2D eigenvalue weighted by Crippen LogP contribution is -2.09. The summed E-state index contributed by atoms with van der Waals surface area (Å²) in [4.78, 5) is 24.5. The number of rotatable bonds is 6. The molecule has 6 heteroatoms. The zero-order chi connectivity index (χ0) is 17.0. The number of ether oxygens (including phenoxy) is 1. The number of esters is 1. The van der Waals surface area contributed by atoms with Crippen LogP contribution < -0.4 is 5.32 Å². The highest BCUT2D eigenvalue weighted by Gasteiger charge is 2.23. The highest BCUT2D eigenvalue weighted by Crippen LogP contribution is 2.34. The summed E-state index contributed by atoms with van der Waals surface area (Å²) >= 11 is 7.16. The third kappa shape index (κ3) is 4.12. The summed E-state index contributed by atoms with van der Waals surface area (Å²) in [6, 6.07) is 7.44. The Morgan fingerprint density at radius 2 is 1.91 bits per heavy atom. The number of Topliss-reactive ketones (excluding diaryl/α,β-unsaturated/α-hetero) is 1. The molecule has 23 heavy (non-hydrogen) atoms. The van der Waals surface area contributed by atoms with E-state index in [2.05, 4.69) is 5.32 Å². The van der Waals surface area contributed by atoms with Crippen molar-refractivity contribution in [3.63, 3.8) is 0 Å². The second-order valence-corrected chi connectivity index (χ2v) is 6.47. The van der Waals surface area contributed by atoms with Gasteiger partial charge in [-0.25, -0.2) is 4.79 Å². The van der Waals surface area contributed by atoms with Gasteiger partial charge in [0.05, 0.1) is 17.0 Å². The monoisotopic (exact) mass is 351 g/mol. The van der Waals surface area contributed by atoms with Gasteiger partial charge in [-0.15, -0.1) is 11.3 Å². The molecule has 0 spiro atoms. The molecule has 0 aliphatic heterocycles. The summed E-state index contributed by atoms with van der Waals surface area (Å²) in [5, 5.41) is 4.55. The number of nitrogens with one attached hydrogen (secondary N) is 1. The Labute approximate surface area is 144 Å². The average molecular weight is 352 g/mol. The predicted octanol–water partition coefficient (Wildman–Crippen LogP) is 4.70. The number of carbonyl (C=O) groups is 2. The van der Waals surface area contributed by atoms with Crippen molar-refractivity contribution in [1.82, 2.24) is 0 Å². The number of anilines is 1. The van der Waals surface area contributed by atoms with Gasteiger partial charge in [-0.3, -0.25) is 4.79 Å². The Kier molecular flexibility index (Phi) is 5.80. The summed E-state index contributed by atoms with van der Waals surface area (Å²) in [6.07, 6.45) is 0. The van der Waals surface area contributed by atoms with Gasteiger partial charge in [0.25, 0.3) is 0 Å². The quantitative estimate of drug-likeness (QED) is 0.605. The largest absolute Gasteiger partial charge is 0.462 e. The summed E-state index contributed by atoms with van der Waals surface area (Å²) in [6.45, 7) is 5.84. The van der Waals surface area contributed by atoms with Gasteiger partial charge < -0.3 is 10.1 Å². The van der Waals surface area contributed by atoms with Crippen molar-refractivity contribution >= 4 is 39.7 Å². The van der Waals surface area contributed by atoms with E-state index in [0.29, 0.717) is 39.2 Å². The molecule has 4 nitrogen and oxygen atoms in total. The normalized spacial score (nSPS) is 10.4. The SMILES string of the molecule is CCOC(=O)c1c(NCc2ccc(Cl)cc2)sc(C(C)=O)c1C. The maximum absolute atomic E-state index is 12.2. The number of hydrogen-bond acceptors (Lipinski definition) is 5. The van der Waals surface area contributed by atoms with Crippen LogP contribution >= 0.6 is 22.9 Å². The van der Waals surface area contributed by atoms with Crippen LogP contribution in [0.1, 0.15) is 45.0 Å². The molecule has 0 radical (unpaired) electrons. The minimum atomic E-state index is -0.410. The zero-order valence-electron chi connectivity index (χ0n) is 13.2. The second-order valence-electron chi connectivity index (χ2n) is 5.02. The fourth-order valence-corrected chi connectivity index (χ4v) is 3.42. The molecule has 0 saturated heterocycles. The molecule has 122 valence electrons. The summed E-state index contributed by atoms with van der Waals surface area (Å²) < 4.78 is 5.11. The minimum Gasteiger partial charge on any atom is -0.462 e. The van der Waals surface area contributed by atoms with E-state index >= 15 is 0 Å². The van der Waals surface area contributed by atoms with Gasteiger partial charge in [0.1, 0.15) is 5.00 Å². The lowest BCUT2D eigenvalue weighted by Gasteiger charge is -2.08. The van der Waals surface area contributed by atoms with Gasteiger partial charge in [-0.1, -0.05) is 23.7 Å². The molecule has 0 amide bonds. The van der Waals surface area contributed by atoms with Crippen LogP contribution in [0.25, 0.3) is 0 Å². The summed E-state index contributed by atoms with van der Waals surface area (Å²) in [5.74, 6) is -0.468. The number of thiophene rings is 1. The fraction of sp³-hybridized carbons (Fsp3) is 0.294. The molecule has 0 fully saturated rings. The van der Waals surface area contributed by atoms with E-state index in [1.54, 1.807) is 13.8 Å². The van der Waals surface area contributed by atoms with Crippen molar-refractivity contribution in [3.8, 4) is 0 Å².